The molecule has 4 heteroatoms. The zero-order valence-electron chi connectivity index (χ0n) is 12.3. The number of nitrogens with zero attached hydrogens (tertiary/aromatic N) is 1. The fourth-order valence-corrected chi connectivity index (χ4v) is 2.58. The summed E-state index contributed by atoms with van der Waals surface area (Å²) in [6.07, 6.45) is 0.937. The molecule has 1 fully saturated rings. The first kappa shape index (κ1) is 14.7. The highest BCUT2D eigenvalue weighted by molar-refractivity contribution is 5.97. The number of rotatable bonds is 4. The van der Waals surface area contributed by atoms with Gasteiger partial charge in [-0.15, -0.1) is 0 Å². The van der Waals surface area contributed by atoms with Crippen LogP contribution in [0.3, 0.4) is 0 Å². The molecule has 1 heterocycles. The standard InChI is InChI=1S/C16H22N2O2/c1-11-4-6-13(7-5-11)14(17-3)10-18-15(19)8-12(2)9-16(18)20/h4-7,12,14,17H,8-10H2,1-3H3. The zero-order chi connectivity index (χ0) is 14.7. The Morgan fingerprint density at radius 3 is 2.25 bits per heavy atom. The number of carbonyl (C=O) groups is 2. The van der Waals surface area contributed by atoms with Gasteiger partial charge in [0.2, 0.25) is 11.8 Å². The molecule has 1 N–H and O–H groups in total. The molecule has 1 unspecified atom stereocenters. The second-order valence-corrected chi connectivity index (χ2v) is 5.66. The highest BCUT2D eigenvalue weighted by Gasteiger charge is 2.31. The molecule has 1 aliphatic heterocycles. The summed E-state index contributed by atoms with van der Waals surface area (Å²) in [4.78, 5) is 25.5. The van der Waals surface area contributed by atoms with Crippen LogP contribution in [0.25, 0.3) is 0 Å². The van der Waals surface area contributed by atoms with E-state index in [2.05, 4.69) is 5.32 Å². The fourth-order valence-electron chi connectivity index (χ4n) is 2.58. The van der Waals surface area contributed by atoms with Crippen LogP contribution in [-0.2, 0) is 9.59 Å². The smallest absolute Gasteiger partial charge is 0.229 e. The van der Waals surface area contributed by atoms with Crippen LogP contribution in [0, 0.1) is 12.8 Å². The quantitative estimate of drug-likeness (QED) is 0.855. The Hall–Kier alpha value is -1.68. The van der Waals surface area contributed by atoms with Crippen molar-refractivity contribution in [3.05, 3.63) is 35.4 Å². The van der Waals surface area contributed by atoms with E-state index in [-0.39, 0.29) is 23.8 Å². The van der Waals surface area contributed by atoms with Crippen molar-refractivity contribution >= 4 is 11.8 Å². The number of likely N-dealkylation sites (N-methyl/N-ethyl adjacent to an activating group) is 1. The van der Waals surface area contributed by atoms with E-state index in [1.807, 2.05) is 45.2 Å². The molecule has 4 nitrogen and oxygen atoms in total. The normalized spacial score (nSPS) is 18.4. The Bertz CT molecular complexity index is 478. The Balaban J connectivity index is 2.11. The summed E-state index contributed by atoms with van der Waals surface area (Å²) in [6.45, 7) is 4.39. The number of hydrogen-bond donors (Lipinski definition) is 1. The maximum atomic E-state index is 12.0. The molecule has 108 valence electrons. The van der Waals surface area contributed by atoms with Crippen LogP contribution >= 0.6 is 0 Å². The molecular weight excluding hydrogens is 252 g/mol. The molecule has 2 rings (SSSR count). The van der Waals surface area contributed by atoms with Crippen molar-refractivity contribution in [2.75, 3.05) is 13.6 Å². The second kappa shape index (κ2) is 6.18. The summed E-state index contributed by atoms with van der Waals surface area (Å²) >= 11 is 0. The van der Waals surface area contributed by atoms with Crippen LogP contribution in [0.4, 0.5) is 0 Å². The number of aryl methyl sites for hydroxylation is 1. The Morgan fingerprint density at radius 2 is 1.75 bits per heavy atom. The molecule has 0 saturated carbocycles. The molecule has 0 aliphatic carbocycles. The maximum absolute atomic E-state index is 12.0. The summed E-state index contributed by atoms with van der Waals surface area (Å²) in [5.74, 6) is 0.0564. The van der Waals surface area contributed by atoms with Gasteiger partial charge in [0.25, 0.3) is 0 Å². The number of nitrogens with one attached hydrogen (secondary N) is 1. The molecule has 0 bridgehead atoms. The first-order valence-electron chi connectivity index (χ1n) is 7.08. The first-order chi connectivity index (χ1) is 9.51. The maximum Gasteiger partial charge on any atom is 0.229 e. The Kier molecular flexibility index (Phi) is 4.55. The van der Waals surface area contributed by atoms with Gasteiger partial charge in [-0.05, 0) is 25.5 Å². The second-order valence-electron chi connectivity index (χ2n) is 5.66. The third kappa shape index (κ3) is 3.25. The van der Waals surface area contributed by atoms with Crippen LogP contribution in [0.15, 0.2) is 24.3 Å². The third-order valence-corrected chi connectivity index (χ3v) is 3.84. The van der Waals surface area contributed by atoms with Crippen LogP contribution in [0.5, 0.6) is 0 Å². The topological polar surface area (TPSA) is 49.4 Å². The van der Waals surface area contributed by atoms with E-state index >= 15 is 0 Å². The van der Waals surface area contributed by atoms with Crippen LogP contribution in [0.1, 0.15) is 36.9 Å². The molecular formula is C16H22N2O2. The lowest BCUT2D eigenvalue weighted by atomic mass is 9.96. The number of piperidine rings is 1. The van der Waals surface area contributed by atoms with Gasteiger partial charge in [-0.3, -0.25) is 14.5 Å². The summed E-state index contributed by atoms with van der Waals surface area (Å²) in [5.41, 5.74) is 2.29. The number of likely N-dealkylation sites (tertiary alicyclic amines) is 1. The SMILES string of the molecule is CNC(CN1C(=O)CC(C)CC1=O)c1ccc(C)cc1. The van der Waals surface area contributed by atoms with E-state index in [1.54, 1.807) is 0 Å². The number of imide groups is 1. The van der Waals surface area contributed by atoms with E-state index in [9.17, 15) is 9.59 Å². The molecule has 1 saturated heterocycles. The average Bonchev–Trinajstić information content (AvgIpc) is 2.39. The summed E-state index contributed by atoms with van der Waals surface area (Å²) < 4.78 is 0. The monoisotopic (exact) mass is 274 g/mol. The van der Waals surface area contributed by atoms with Gasteiger partial charge < -0.3 is 5.32 Å². The van der Waals surface area contributed by atoms with Gasteiger partial charge in [0.15, 0.2) is 0 Å². The highest BCUT2D eigenvalue weighted by Crippen LogP contribution is 2.22. The zero-order valence-corrected chi connectivity index (χ0v) is 12.3. The van der Waals surface area contributed by atoms with Crippen molar-refractivity contribution in [1.82, 2.24) is 10.2 Å². The van der Waals surface area contributed by atoms with Gasteiger partial charge in [0.05, 0.1) is 6.04 Å². The Morgan fingerprint density at radius 1 is 1.20 bits per heavy atom. The third-order valence-electron chi connectivity index (χ3n) is 3.84. The molecule has 1 atom stereocenters. The lowest BCUT2D eigenvalue weighted by Crippen LogP contribution is -2.46. The number of amides is 2. The van der Waals surface area contributed by atoms with Crippen molar-refractivity contribution in [3.63, 3.8) is 0 Å². The van der Waals surface area contributed by atoms with E-state index in [1.165, 1.54) is 10.5 Å². The highest BCUT2D eigenvalue weighted by atomic mass is 16.2. The molecule has 0 spiro atoms. The summed E-state index contributed by atoms with van der Waals surface area (Å²) in [7, 11) is 1.85. The van der Waals surface area contributed by atoms with E-state index in [0.29, 0.717) is 19.4 Å². The number of hydrogen-bond acceptors (Lipinski definition) is 3. The van der Waals surface area contributed by atoms with E-state index in [4.69, 9.17) is 0 Å². The van der Waals surface area contributed by atoms with Crippen molar-refractivity contribution in [2.45, 2.75) is 32.7 Å². The van der Waals surface area contributed by atoms with Crippen molar-refractivity contribution in [3.8, 4) is 0 Å². The van der Waals surface area contributed by atoms with Crippen molar-refractivity contribution in [1.29, 1.82) is 0 Å². The van der Waals surface area contributed by atoms with Crippen LogP contribution in [-0.4, -0.2) is 30.3 Å². The van der Waals surface area contributed by atoms with Gasteiger partial charge in [-0.25, -0.2) is 0 Å². The first-order valence-corrected chi connectivity index (χ1v) is 7.08. The minimum atomic E-state index is -0.0545. The van der Waals surface area contributed by atoms with Crippen molar-refractivity contribution < 1.29 is 9.59 Å². The molecule has 1 aromatic carbocycles. The average molecular weight is 274 g/mol. The molecule has 0 aromatic heterocycles. The number of carbonyl (C=O) groups excluding carboxylic acids is 2. The van der Waals surface area contributed by atoms with Gasteiger partial charge >= 0.3 is 0 Å². The lowest BCUT2D eigenvalue weighted by molar-refractivity contribution is -0.150. The lowest BCUT2D eigenvalue weighted by Gasteiger charge is -2.31. The number of benzene rings is 1. The van der Waals surface area contributed by atoms with Crippen LogP contribution < -0.4 is 5.32 Å². The molecule has 20 heavy (non-hydrogen) atoms. The largest absolute Gasteiger partial charge is 0.312 e. The van der Waals surface area contributed by atoms with Crippen molar-refractivity contribution in [2.24, 2.45) is 5.92 Å². The minimum absolute atomic E-state index is 0.0168. The van der Waals surface area contributed by atoms with Gasteiger partial charge in [0, 0.05) is 19.4 Å². The van der Waals surface area contributed by atoms with Gasteiger partial charge in [-0.1, -0.05) is 36.8 Å². The molecule has 0 radical (unpaired) electrons. The predicted octanol–water partition coefficient (Wildman–Crippen LogP) is 2.04. The molecule has 1 aliphatic rings. The molecule has 1 aromatic rings. The predicted molar refractivity (Wildman–Crippen MR) is 78.1 cm³/mol. The molecule has 2 amide bonds. The van der Waals surface area contributed by atoms with Crippen LogP contribution in [0.2, 0.25) is 0 Å². The summed E-state index contributed by atoms with van der Waals surface area (Å²) in [6, 6.07) is 8.15. The van der Waals surface area contributed by atoms with E-state index < -0.39 is 0 Å². The minimum Gasteiger partial charge on any atom is -0.312 e. The Labute approximate surface area is 120 Å². The van der Waals surface area contributed by atoms with Gasteiger partial charge in [0.1, 0.15) is 0 Å². The van der Waals surface area contributed by atoms with Gasteiger partial charge in [-0.2, -0.15) is 0 Å². The fraction of sp³-hybridized carbons (Fsp3) is 0.500. The van der Waals surface area contributed by atoms with E-state index in [0.717, 1.165) is 5.56 Å². The summed E-state index contributed by atoms with van der Waals surface area (Å²) in [5, 5.41) is 3.19.